The zero-order valence-corrected chi connectivity index (χ0v) is 12.1. The predicted molar refractivity (Wildman–Crippen MR) is 78.7 cm³/mol. The maximum atomic E-state index is 12.2. The number of amides is 1. The first-order valence-electron chi connectivity index (χ1n) is 6.83. The summed E-state index contributed by atoms with van der Waals surface area (Å²) in [7, 11) is 0. The second kappa shape index (κ2) is 6.49. The van der Waals surface area contributed by atoms with Gasteiger partial charge >= 0.3 is 0 Å². The van der Waals surface area contributed by atoms with Gasteiger partial charge in [-0.15, -0.1) is 0 Å². The van der Waals surface area contributed by atoms with Crippen molar-refractivity contribution in [3.8, 4) is 0 Å². The van der Waals surface area contributed by atoms with Crippen molar-refractivity contribution in [2.45, 2.75) is 26.1 Å². The van der Waals surface area contributed by atoms with Crippen molar-refractivity contribution < 1.29 is 14.5 Å². The van der Waals surface area contributed by atoms with Crippen LogP contribution in [0.1, 0.15) is 19.4 Å². The van der Waals surface area contributed by atoms with E-state index >= 15 is 0 Å². The molecule has 2 atom stereocenters. The number of rotatable bonds is 3. The van der Waals surface area contributed by atoms with Crippen LogP contribution < -0.4 is 0 Å². The van der Waals surface area contributed by atoms with Gasteiger partial charge in [-0.2, -0.15) is 0 Å². The summed E-state index contributed by atoms with van der Waals surface area (Å²) in [6.45, 7) is 4.90. The van der Waals surface area contributed by atoms with Crippen molar-refractivity contribution in [3.05, 3.63) is 46.0 Å². The van der Waals surface area contributed by atoms with Crippen LogP contribution in [0.2, 0.25) is 0 Å². The number of carbonyl (C=O) groups is 1. The number of nitro benzene ring substituents is 1. The molecule has 1 fully saturated rings. The molecule has 0 bridgehead atoms. The molecule has 0 radical (unpaired) electrons. The van der Waals surface area contributed by atoms with E-state index < -0.39 is 4.92 Å². The highest BCUT2D eigenvalue weighted by atomic mass is 16.6. The van der Waals surface area contributed by atoms with E-state index in [0.717, 1.165) is 0 Å². The van der Waals surface area contributed by atoms with Crippen LogP contribution in [0.5, 0.6) is 0 Å². The number of carbonyl (C=O) groups excluding carboxylic acids is 1. The molecule has 1 heterocycles. The number of morpholine rings is 1. The molecule has 1 amide bonds. The minimum Gasteiger partial charge on any atom is -0.372 e. The quantitative estimate of drug-likeness (QED) is 0.486. The van der Waals surface area contributed by atoms with Gasteiger partial charge in [0.15, 0.2) is 0 Å². The molecule has 0 N–H and O–H groups in total. The van der Waals surface area contributed by atoms with Crippen molar-refractivity contribution in [2.75, 3.05) is 13.1 Å². The topological polar surface area (TPSA) is 72.7 Å². The number of ether oxygens (including phenoxy) is 1. The summed E-state index contributed by atoms with van der Waals surface area (Å²) >= 11 is 0. The molecule has 21 heavy (non-hydrogen) atoms. The Bertz CT molecular complexity index is 561. The van der Waals surface area contributed by atoms with E-state index in [9.17, 15) is 14.9 Å². The Labute approximate surface area is 123 Å². The number of hydrogen-bond donors (Lipinski definition) is 0. The standard InChI is InChI=1S/C15H18N2O4/c1-11-9-16(10-12(2)21-11)15(18)8-7-13-5-3-4-6-14(13)17(19)20/h3-8,11-12H,9-10H2,1-2H3/b8-7+. The maximum absolute atomic E-state index is 12.2. The van der Waals surface area contributed by atoms with Crippen molar-refractivity contribution in [2.24, 2.45) is 0 Å². The van der Waals surface area contributed by atoms with Crippen LogP contribution in [0.3, 0.4) is 0 Å². The van der Waals surface area contributed by atoms with Gasteiger partial charge in [0.2, 0.25) is 5.91 Å². The predicted octanol–water partition coefficient (Wildman–Crippen LogP) is 2.24. The van der Waals surface area contributed by atoms with E-state index in [1.807, 2.05) is 13.8 Å². The van der Waals surface area contributed by atoms with Gasteiger partial charge in [0.1, 0.15) is 0 Å². The van der Waals surface area contributed by atoms with Gasteiger partial charge in [-0.25, -0.2) is 0 Å². The van der Waals surface area contributed by atoms with Gasteiger partial charge < -0.3 is 9.64 Å². The zero-order valence-electron chi connectivity index (χ0n) is 12.1. The Balaban J connectivity index is 2.10. The highest BCUT2D eigenvalue weighted by Gasteiger charge is 2.24. The van der Waals surface area contributed by atoms with E-state index in [4.69, 9.17) is 4.74 Å². The van der Waals surface area contributed by atoms with E-state index in [-0.39, 0.29) is 23.8 Å². The smallest absolute Gasteiger partial charge is 0.276 e. The normalized spacial score (nSPS) is 22.5. The average molecular weight is 290 g/mol. The molecule has 0 aliphatic carbocycles. The minimum absolute atomic E-state index is 0.00263. The number of benzene rings is 1. The fourth-order valence-electron chi connectivity index (χ4n) is 2.42. The first-order chi connectivity index (χ1) is 9.97. The monoisotopic (exact) mass is 290 g/mol. The molecule has 112 valence electrons. The molecule has 0 aromatic heterocycles. The van der Waals surface area contributed by atoms with E-state index in [0.29, 0.717) is 18.7 Å². The molecular weight excluding hydrogens is 272 g/mol. The molecule has 2 rings (SSSR count). The van der Waals surface area contributed by atoms with Crippen LogP contribution >= 0.6 is 0 Å². The van der Waals surface area contributed by atoms with Crippen LogP contribution in [0, 0.1) is 10.1 Å². The molecule has 1 saturated heterocycles. The largest absolute Gasteiger partial charge is 0.372 e. The van der Waals surface area contributed by atoms with Crippen molar-refractivity contribution in [3.63, 3.8) is 0 Å². The summed E-state index contributed by atoms with van der Waals surface area (Å²) in [6, 6.07) is 6.34. The maximum Gasteiger partial charge on any atom is 0.276 e. The van der Waals surface area contributed by atoms with Crippen LogP contribution in [-0.2, 0) is 9.53 Å². The average Bonchev–Trinajstić information content (AvgIpc) is 2.43. The Morgan fingerprint density at radius 3 is 2.57 bits per heavy atom. The first kappa shape index (κ1) is 15.2. The third kappa shape index (κ3) is 3.88. The van der Waals surface area contributed by atoms with E-state index in [1.54, 1.807) is 23.1 Å². The van der Waals surface area contributed by atoms with E-state index in [2.05, 4.69) is 0 Å². The van der Waals surface area contributed by atoms with Gasteiger partial charge in [-0.05, 0) is 26.0 Å². The minimum atomic E-state index is -0.455. The van der Waals surface area contributed by atoms with Crippen LogP contribution in [-0.4, -0.2) is 41.0 Å². The molecule has 6 nitrogen and oxygen atoms in total. The third-order valence-electron chi connectivity index (χ3n) is 3.27. The molecule has 1 aromatic rings. The summed E-state index contributed by atoms with van der Waals surface area (Å²) in [5.74, 6) is -0.157. The number of nitro groups is 1. The molecule has 0 saturated carbocycles. The van der Waals surface area contributed by atoms with Gasteiger partial charge in [0, 0.05) is 25.2 Å². The van der Waals surface area contributed by atoms with Crippen molar-refractivity contribution in [1.82, 2.24) is 4.90 Å². The van der Waals surface area contributed by atoms with Crippen LogP contribution in [0.25, 0.3) is 6.08 Å². The lowest BCUT2D eigenvalue weighted by Crippen LogP contribution is -2.47. The molecule has 1 aliphatic rings. The molecule has 1 aromatic carbocycles. The summed E-state index contributed by atoms with van der Waals surface area (Å²) in [4.78, 5) is 24.3. The Hall–Kier alpha value is -2.21. The third-order valence-corrected chi connectivity index (χ3v) is 3.27. The zero-order chi connectivity index (χ0) is 15.4. The summed E-state index contributed by atoms with van der Waals surface area (Å²) in [5.41, 5.74) is 0.412. The number of nitrogens with zero attached hydrogens (tertiary/aromatic N) is 2. The molecular formula is C15H18N2O4. The Kier molecular flexibility index (Phi) is 4.70. The molecule has 6 heteroatoms. The lowest BCUT2D eigenvalue weighted by Gasteiger charge is -2.34. The highest BCUT2D eigenvalue weighted by Crippen LogP contribution is 2.19. The summed E-state index contributed by atoms with van der Waals surface area (Å²) in [6.07, 6.45) is 2.87. The Morgan fingerprint density at radius 1 is 1.33 bits per heavy atom. The Morgan fingerprint density at radius 2 is 1.95 bits per heavy atom. The summed E-state index contributed by atoms with van der Waals surface area (Å²) < 4.78 is 5.57. The van der Waals surface area contributed by atoms with Crippen LogP contribution in [0.4, 0.5) is 5.69 Å². The van der Waals surface area contributed by atoms with Gasteiger partial charge in [-0.1, -0.05) is 12.1 Å². The second-order valence-electron chi connectivity index (χ2n) is 5.15. The van der Waals surface area contributed by atoms with Gasteiger partial charge in [-0.3, -0.25) is 14.9 Å². The van der Waals surface area contributed by atoms with E-state index in [1.165, 1.54) is 18.2 Å². The first-order valence-corrected chi connectivity index (χ1v) is 6.83. The fourth-order valence-corrected chi connectivity index (χ4v) is 2.42. The van der Waals surface area contributed by atoms with Crippen molar-refractivity contribution in [1.29, 1.82) is 0 Å². The number of hydrogen-bond acceptors (Lipinski definition) is 4. The van der Waals surface area contributed by atoms with Crippen molar-refractivity contribution >= 4 is 17.7 Å². The molecule has 0 spiro atoms. The summed E-state index contributed by atoms with van der Waals surface area (Å²) in [5, 5.41) is 10.9. The SMILES string of the molecule is CC1CN(C(=O)/C=C/c2ccccc2[N+](=O)[O-])CC(C)O1. The highest BCUT2D eigenvalue weighted by molar-refractivity contribution is 5.92. The number of para-hydroxylation sites is 1. The lowest BCUT2D eigenvalue weighted by molar-refractivity contribution is -0.385. The molecule has 1 aliphatic heterocycles. The second-order valence-corrected chi connectivity index (χ2v) is 5.15. The van der Waals surface area contributed by atoms with Crippen LogP contribution in [0.15, 0.2) is 30.3 Å². The lowest BCUT2D eigenvalue weighted by atomic mass is 10.1. The fraction of sp³-hybridized carbons (Fsp3) is 0.400. The van der Waals surface area contributed by atoms with Gasteiger partial charge in [0.05, 0.1) is 22.7 Å². The molecule has 2 unspecified atom stereocenters. The van der Waals surface area contributed by atoms with Gasteiger partial charge in [0.25, 0.3) is 5.69 Å².